The molecule has 0 spiro atoms. The van der Waals surface area contributed by atoms with Gasteiger partial charge in [-0.15, -0.1) is 4.90 Å². The van der Waals surface area contributed by atoms with Crippen molar-refractivity contribution in [3.05, 3.63) is 0 Å². The summed E-state index contributed by atoms with van der Waals surface area (Å²) in [6.07, 6.45) is -10.8. The summed E-state index contributed by atoms with van der Waals surface area (Å²) in [6.45, 7) is 0.737. The molecule has 8 heteroatoms. The first-order valence-electron chi connectivity index (χ1n) is 2.63. The van der Waals surface area contributed by atoms with Crippen molar-refractivity contribution >= 4 is 15.9 Å². The second-order valence-corrected chi connectivity index (χ2v) is 3.20. The van der Waals surface area contributed by atoms with E-state index in [9.17, 15) is 26.3 Å². The van der Waals surface area contributed by atoms with Gasteiger partial charge in [0.1, 0.15) is 0 Å². The Bertz CT molecular complexity index is 135. The summed E-state index contributed by atoms with van der Waals surface area (Å²) < 4.78 is 69.9. The molecule has 0 heterocycles. The minimum atomic E-state index is -5.42. The van der Waals surface area contributed by atoms with Gasteiger partial charge in [0.15, 0.2) is 0 Å². The van der Waals surface area contributed by atoms with Crippen LogP contribution in [0.1, 0.15) is 6.92 Å². The smallest absolute Gasteiger partial charge is 0.155 e. The van der Waals surface area contributed by atoms with Crippen molar-refractivity contribution in [1.29, 1.82) is 0 Å². The molecule has 0 N–H and O–H groups in total. The lowest BCUT2D eigenvalue weighted by Crippen LogP contribution is -2.50. The molecule has 1 nitrogen and oxygen atoms in total. The largest absolute Gasteiger partial charge is 0.467 e. The van der Waals surface area contributed by atoms with E-state index in [2.05, 4.69) is 15.9 Å². The first kappa shape index (κ1) is 12.0. The van der Waals surface area contributed by atoms with E-state index in [1.807, 2.05) is 0 Å². The number of hydrogen-bond donors (Lipinski definition) is 0. The molecular weight excluding hydrogens is 256 g/mol. The summed E-state index contributed by atoms with van der Waals surface area (Å²) in [5.41, 5.74) is 0. The van der Waals surface area contributed by atoms with Crippen molar-refractivity contribution in [2.75, 3.05) is 0 Å². The lowest BCUT2D eigenvalue weighted by molar-refractivity contribution is -0.374. The van der Waals surface area contributed by atoms with Gasteiger partial charge >= 0.3 is 12.6 Å². The summed E-state index contributed by atoms with van der Waals surface area (Å²) in [7, 11) is 0. The van der Waals surface area contributed by atoms with Crippen LogP contribution in [0.5, 0.6) is 0 Å². The van der Waals surface area contributed by atoms with Crippen LogP contribution >= 0.6 is 15.9 Å². The second kappa shape index (κ2) is 3.41. The molecule has 1 unspecified atom stereocenters. The van der Waals surface area contributed by atoms with Gasteiger partial charge in [-0.1, -0.05) is 15.9 Å². The fraction of sp³-hybridized carbons (Fsp3) is 1.00. The van der Waals surface area contributed by atoms with Crippen molar-refractivity contribution < 1.29 is 26.3 Å². The van der Waals surface area contributed by atoms with Crippen molar-refractivity contribution in [1.82, 2.24) is 4.90 Å². The Morgan fingerprint density at radius 1 is 1.00 bits per heavy atom. The quantitative estimate of drug-likeness (QED) is 0.398. The maximum absolute atomic E-state index is 11.6. The van der Waals surface area contributed by atoms with E-state index in [1.54, 1.807) is 0 Å². The molecule has 0 saturated heterocycles. The van der Waals surface area contributed by atoms with Crippen LogP contribution in [0.15, 0.2) is 0 Å². The van der Waals surface area contributed by atoms with Crippen molar-refractivity contribution in [3.63, 3.8) is 0 Å². The predicted molar refractivity (Wildman–Crippen MR) is 32.3 cm³/mol. The molecule has 0 aliphatic rings. The number of hydrogen-bond acceptors (Lipinski definition) is 1. The number of alkyl halides is 7. The molecular formula is C4H4BrF6N. The van der Waals surface area contributed by atoms with E-state index in [0.717, 1.165) is 6.92 Å². The molecule has 74 valence electrons. The topological polar surface area (TPSA) is 3.24 Å². The fourth-order valence-electron chi connectivity index (χ4n) is 0.547. The molecule has 0 radical (unpaired) electrons. The van der Waals surface area contributed by atoms with Gasteiger partial charge in [-0.2, -0.15) is 26.3 Å². The van der Waals surface area contributed by atoms with Gasteiger partial charge in [0.05, 0.1) is 4.95 Å². The molecule has 0 saturated carbocycles. The van der Waals surface area contributed by atoms with Crippen molar-refractivity contribution in [3.8, 4) is 0 Å². The van der Waals surface area contributed by atoms with Gasteiger partial charge in [-0.3, -0.25) is 0 Å². The minimum absolute atomic E-state index is 0.737. The maximum atomic E-state index is 11.6. The Morgan fingerprint density at radius 3 is 1.25 bits per heavy atom. The molecule has 0 bridgehead atoms. The SMILES string of the molecule is CC(Br)N(C(F)(F)F)C(F)(F)F. The van der Waals surface area contributed by atoms with Crippen LogP contribution in [-0.4, -0.2) is 22.5 Å². The minimum Gasteiger partial charge on any atom is -0.155 e. The van der Waals surface area contributed by atoms with Crippen LogP contribution in [0.2, 0.25) is 0 Å². The van der Waals surface area contributed by atoms with E-state index in [-0.39, 0.29) is 0 Å². The molecule has 12 heavy (non-hydrogen) atoms. The molecule has 0 aliphatic heterocycles. The van der Waals surface area contributed by atoms with E-state index >= 15 is 0 Å². The molecule has 0 aliphatic carbocycles. The van der Waals surface area contributed by atoms with Gasteiger partial charge in [0.2, 0.25) is 0 Å². The molecule has 1 atom stereocenters. The predicted octanol–water partition coefficient (Wildman–Crippen LogP) is 3.07. The van der Waals surface area contributed by atoms with Gasteiger partial charge < -0.3 is 0 Å². The average Bonchev–Trinajstić information content (AvgIpc) is 1.49. The normalized spacial score (nSPS) is 16.8. The zero-order valence-electron chi connectivity index (χ0n) is 5.67. The average molecular weight is 260 g/mol. The van der Waals surface area contributed by atoms with Gasteiger partial charge in [0.25, 0.3) is 0 Å². The summed E-state index contributed by atoms with van der Waals surface area (Å²) in [5.74, 6) is 0. The van der Waals surface area contributed by atoms with Crippen LogP contribution in [0.25, 0.3) is 0 Å². The van der Waals surface area contributed by atoms with Crippen molar-refractivity contribution in [2.45, 2.75) is 24.5 Å². The Balaban J connectivity index is 4.70. The summed E-state index contributed by atoms with van der Waals surface area (Å²) in [4.78, 5) is -3.38. The Morgan fingerprint density at radius 2 is 1.25 bits per heavy atom. The Hall–Kier alpha value is 0.0200. The third-order valence-electron chi connectivity index (χ3n) is 0.902. The van der Waals surface area contributed by atoms with E-state index < -0.39 is 22.5 Å². The first-order chi connectivity index (χ1) is 5.07. The van der Waals surface area contributed by atoms with Crippen LogP contribution < -0.4 is 0 Å². The van der Waals surface area contributed by atoms with E-state index in [4.69, 9.17) is 0 Å². The van der Waals surface area contributed by atoms with E-state index in [0.29, 0.717) is 0 Å². The number of nitrogens with zero attached hydrogens (tertiary/aromatic N) is 1. The summed E-state index contributed by atoms with van der Waals surface area (Å²) in [6, 6.07) is 0. The standard InChI is InChI=1S/C4H4BrF6N/c1-2(5)12(3(6,7)8)4(9,10)11/h2H,1H3. The van der Waals surface area contributed by atoms with Crippen LogP contribution in [0.3, 0.4) is 0 Å². The van der Waals surface area contributed by atoms with Crippen molar-refractivity contribution in [2.24, 2.45) is 0 Å². The molecule has 0 aromatic heterocycles. The van der Waals surface area contributed by atoms with Crippen LogP contribution in [0.4, 0.5) is 26.3 Å². The highest BCUT2D eigenvalue weighted by atomic mass is 79.9. The highest BCUT2D eigenvalue weighted by molar-refractivity contribution is 9.09. The number of halogens is 7. The molecule has 0 fully saturated rings. The van der Waals surface area contributed by atoms with Gasteiger partial charge in [-0.25, -0.2) is 0 Å². The Kier molecular flexibility index (Phi) is 3.41. The zero-order chi connectivity index (χ0) is 10.2. The van der Waals surface area contributed by atoms with Crippen LogP contribution in [0, 0.1) is 0 Å². The number of rotatable bonds is 1. The monoisotopic (exact) mass is 259 g/mol. The van der Waals surface area contributed by atoms with E-state index in [1.165, 1.54) is 0 Å². The molecule has 0 rings (SSSR count). The summed E-state index contributed by atoms with van der Waals surface area (Å²) >= 11 is 2.20. The third kappa shape index (κ3) is 3.18. The third-order valence-corrected chi connectivity index (χ3v) is 1.31. The maximum Gasteiger partial charge on any atom is 0.467 e. The second-order valence-electron chi connectivity index (χ2n) is 1.88. The lowest BCUT2D eigenvalue weighted by atomic mass is 10.6. The molecule has 0 aromatic carbocycles. The fourth-order valence-corrected chi connectivity index (χ4v) is 1.01. The first-order valence-corrected chi connectivity index (χ1v) is 3.55. The van der Waals surface area contributed by atoms with Gasteiger partial charge in [0, 0.05) is 0 Å². The zero-order valence-corrected chi connectivity index (χ0v) is 7.26. The van der Waals surface area contributed by atoms with Crippen LogP contribution in [-0.2, 0) is 0 Å². The Labute approximate surface area is 72.5 Å². The highest BCUT2D eigenvalue weighted by Crippen LogP contribution is 2.36. The lowest BCUT2D eigenvalue weighted by Gasteiger charge is -2.28. The molecule has 0 amide bonds. The highest BCUT2D eigenvalue weighted by Gasteiger charge is 2.55. The molecule has 0 aromatic rings. The van der Waals surface area contributed by atoms with Gasteiger partial charge in [-0.05, 0) is 6.92 Å². The summed E-state index contributed by atoms with van der Waals surface area (Å²) in [5, 5.41) is 0.